The van der Waals surface area contributed by atoms with Crippen LogP contribution < -0.4 is 0 Å². The summed E-state index contributed by atoms with van der Waals surface area (Å²) in [5, 5.41) is 1.23. The third kappa shape index (κ3) is 2.32. The molecule has 2 aromatic heterocycles. The van der Waals surface area contributed by atoms with Crippen LogP contribution in [0.3, 0.4) is 0 Å². The van der Waals surface area contributed by atoms with Crippen LogP contribution in [0.2, 0.25) is 0 Å². The van der Waals surface area contributed by atoms with Crippen LogP contribution in [-0.2, 0) is 0 Å². The molecule has 114 valence electrons. The summed E-state index contributed by atoms with van der Waals surface area (Å²) in [6, 6.07) is 13.3. The summed E-state index contributed by atoms with van der Waals surface area (Å²) in [6.07, 6.45) is 0. The van der Waals surface area contributed by atoms with Gasteiger partial charge in [0.05, 0.1) is 15.9 Å². The van der Waals surface area contributed by atoms with E-state index < -0.39 is 0 Å². The molecule has 0 fully saturated rings. The minimum atomic E-state index is 0.839. The molecule has 2 nitrogen and oxygen atoms in total. The van der Waals surface area contributed by atoms with E-state index in [0.717, 1.165) is 17.0 Å². The molecule has 0 bridgehead atoms. The van der Waals surface area contributed by atoms with Crippen molar-refractivity contribution in [3.63, 3.8) is 0 Å². The summed E-state index contributed by atoms with van der Waals surface area (Å²) in [4.78, 5) is 9.22. The van der Waals surface area contributed by atoms with Crippen LogP contribution in [0.1, 0.15) is 22.6 Å². The maximum atomic E-state index is 4.69. The van der Waals surface area contributed by atoms with E-state index in [2.05, 4.69) is 62.2 Å². The Labute approximate surface area is 139 Å². The topological polar surface area (TPSA) is 25.8 Å². The molecule has 0 unspecified atom stereocenters. The summed E-state index contributed by atoms with van der Waals surface area (Å²) >= 11 is 1.81. The van der Waals surface area contributed by atoms with Gasteiger partial charge in [0.15, 0.2) is 0 Å². The molecule has 0 N–H and O–H groups in total. The summed E-state index contributed by atoms with van der Waals surface area (Å²) < 4.78 is 2.50. The van der Waals surface area contributed by atoms with Crippen LogP contribution in [0.4, 0.5) is 0 Å². The van der Waals surface area contributed by atoms with Gasteiger partial charge in [-0.3, -0.25) is 0 Å². The fourth-order valence-corrected chi connectivity index (χ4v) is 4.52. The van der Waals surface area contributed by atoms with Gasteiger partial charge in [-0.25, -0.2) is 9.97 Å². The number of fused-ring (bicyclic) bond motifs is 3. The highest BCUT2D eigenvalue weighted by Gasteiger charge is 2.14. The molecule has 0 radical (unpaired) electrons. The van der Waals surface area contributed by atoms with E-state index in [9.17, 15) is 0 Å². The van der Waals surface area contributed by atoms with Crippen molar-refractivity contribution >= 4 is 31.6 Å². The van der Waals surface area contributed by atoms with Crippen LogP contribution in [0.25, 0.3) is 31.4 Å². The Hall–Kier alpha value is -2.26. The van der Waals surface area contributed by atoms with Crippen molar-refractivity contribution in [2.24, 2.45) is 0 Å². The van der Waals surface area contributed by atoms with E-state index in [1.54, 1.807) is 11.3 Å². The number of rotatable bonds is 1. The highest BCUT2D eigenvalue weighted by Crippen LogP contribution is 2.40. The molecule has 0 aliphatic rings. The van der Waals surface area contributed by atoms with Gasteiger partial charge in [-0.2, -0.15) is 0 Å². The van der Waals surface area contributed by atoms with Gasteiger partial charge in [-0.05, 0) is 38.8 Å². The Balaban J connectivity index is 2.11. The van der Waals surface area contributed by atoms with Crippen molar-refractivity contribution in [3.05, 3.63) is 59.0 Å². The first-order chi connectivity index (χ1) is 11.0. The minimum absolute atomic E-state index is 0.839. The van der Waals surface area contributed by atoms with Crippen molar-refractivity contribution in [2.75, 3.05) is 0 Å². The van der Waals surface area contributed by atoms with E-state index in [0.29, 0.717) is 0 Å². The standard InChI is InChI=1S/C20H18N2S/c1-11-8-12(2)10-15(9-11)16-6-5-7-17-18-19(23-20(16)17)13(3)21-14(4)22-18/h5-10H,1-4H3. The van der Waals surface area contributed by atoms with E-state index >= 15 is 0 Å². The van der Waals surface area contributed by atoms with Gasteiger partial charge in [0.2, 0.25) is 0 Å². The Morgan fingerprint density at radius 1 is 0.826 bits per heavy atom. The molecule has 0 atom stereocenters. The molecule has 0 aliphatic heterocycles. The highest BCUT2D eigenvalue weighted by atomic mass is 32.1. The lowest BCUT2D eigenvalue weighted by molar-refractivity contribution is 1.06. The van der Waals surface area contributed by atoms with Crippen LogP contribution >= 0.6 is 11.3 Å². The van der Waals surface area contributed by atoms with Crippen LogP contribution in [-0.4, -0.2) is 9.97 Å². The fourth-order valence-electron chi connectivity index (χ4n) is 3.30. The second kappa shape index (κ2) is 5.14. The molecule has 2 aromatic carbocycles. The zero-order valence-electron chi connectivity index (χ0n) is 13.8. The lowest BCUT2D eigenvalue weighted by Crippen LogP contribution is -1.90. The van der Waals surface area contributed by atoms with Gasteiger partial charge in [0.1, 0.15) is 5.82 Å². The maximum absolute atomic E-state index is 4.69. The fraction of sp³-hybridized carbons (Fsp3) is 0.200. The molecule has 0 saturated carbocycles. The van der Waals surface area contributed by atoms with Crippen molar-refractivity contribution in [3.8, 4) is 11.1 Å². The molecular weight excluding hydrogens is 300 g/mol. The Bertz CT molecular complexity index is 1040. The highest BCUT2D eigenvalue weighted by molar-refractivity contribution is 7.26. The molecule has 0 amide bonds. The average Bonchev–Trinajstić information content (AvgIpc) is 2.85. The van der Waals surface area contributed by atoms with Crippen LogP contribution in [0, 0.1) is 27.7 Å². The van der Waals surface area contributed by atoms with Gasteiger partial charge in [0, 0.05) is 10.1 Å². The number of aryl methyl sites for hydroxylation is 4. The van der Waals surface area contributed by atoms with Crippen molar-refractivity contribution in [1.29, 1.82) is 0 Å². The van der Waals surface area contributed by atoms with Crippen molar-refractivity contribution in [1.82, 2.24) is 9.97 Å². The van der Waals surface area contributed by atoms with Crippen molar-refractivity contribution in [2.45, 2.75) is 27.7 Å². The Kier molecular flexibility index (Phi) is 3.20. The molecule has 23 heavy (non-hydrogen) atoms. The zero-order valence-corrected chi connectivity index (χ0v) is 14.6. The number of aromatic nitrogens is 2. The van der Waals surface area contributed by atoms with E-state index in [1.807, 2.05) is 6.92 Å². The largest absolute Gasteiger partial charge is 0.237 e. The SMILES string of the molecule is Cc1cc(C)cc(-c2cccc3c2sc2c(C)nc(C)nc23)c1. The minimum Gasteiger partial charge on any atom is -0.237 e. The van der Waals surface area contributed by atoms with E-state index in [-0.39, 0.29) is 0 Å². The van der Waals surface area contributed by atoms with E-state index in [4.69, 9.17) is 4.98 Å². The lowest BCUT2D eigenvalue weighted by atomic mass is 9.99. The Morgan fingerprint density at radius 2 is 1.57 bits per heavy atom. The van der Waals surface area contributed by atoms with Crippen molar-refractivity contribution < 1.29 is 0 Å². The predicted octanol–water partition coefficient (Wildman–Crippen LogP) is 5.75. The van der Waals surface area contributed by atoms with Gasteiger partial charge < -0.3 is 0 Å². The summed E-state index contributed by atoms with van der Waals surface area (Å²) in [5.74, 6) is 0.839. The zero-order chi connectivity index (χ0) is 16.1. The lowest BCUT2D eigenvalue weighted by Gasteiger charge is -2.06. The van der Waals surface area contributed by atoms with Gasteiger partial charge >= 0.3 is 0 Å². The number of hydrogen-bond donors (Lipinski definition) is 0. The first-order valence-electron chi connectivity index (χ1n) is 7.78. The number of benzene rings is 2. The van der Waals surface area contributed by atoms with Gasteiger partial charge in [-0.1, -0.05) is 47.5 Å². The third-order valence-electron chi connectivity index (χ3n) is 4.15. The summed E-state index contributed by atoms with van der Waals surface area (Å²) in [5.41, 5.74) is 7.31. The first-order valence-corrected chi connectivity index (χ1v) is 8.60. The smallest absolute Gasteiger partial charge is 0.126 e. The molecule has 0 aliphatic carbocycles. The van der Waals surface area contributed by atoms with Crippen LogP contribution in [0.15, 0.2) is 36.4 Å². The van der Waals surface area contributed by atoms with Crippen LogP contribution in [0.5, 0.6) is 0 Å². The quantitative estimate of drug-likeness (QED) is 0.447. The number of nitrogens with zero attached hydrogens (tertiary/aromatic N) is 2. The van der Waals surface area contributed by atoms with Gasteiger partial charge in [-0.15, -0.1) is 11.3 Å². The third-order valence-corrected chi connectivity index (χ3v) is 5.49. The molecule has 0 spiro atoms. The number of thiophene rings is 1. The number of hydrogen-bond acceptors (Lipinski definition) is 3. The Morgan fingerprint density at radius 3 is 2.30 bits per heavy atom. The molecule has 4 aromatic rings. The summed E-state index contributed by atoms with van der Waals surface area (Å²) in [7, 11) is 0. The molecule has 3 heteroatoms. The predicted molar refractivity (Wildman–Crippen MR) is 99.3 cm³/mol. The first kappa shape index (κ1) is 14.3. The normalized spacial score (nSPS) is 11.5. The van der Waals surface area contributed by atoms with E-state index in [1.165, 1.54) is 37.0 Å². The summed E-state index contributed by atoms with van der Waals surface area (Å²) in [6.45, 7) is 8.34. The van der Waals surface area contributed by atoms with Gasteiger partial charge in [0.25, 0.3) is 0 Å². The second-order valence-electron chi connectivity index (χ2n) is 6.19. The molecular formula is C20H18N2S. The second-order valence-corrected chi connectivity index (χ2v) is 7.22. The molecule has 2 heterocycles. The molecule has 0 saturated heterocycles. The average molecular weight is 318 g/mol. The molecule has 4 rings (SSSR count). The maximum Gasteiger partial charge on any atom is 0.126 e. The monoisotopic (exact) mass is 318 g/mol.